The number of nitrogens with one attached hydrogen (secondary N) is 1. The van der Waals surface area contributed by atoms with Gasteiger partial charge in [-0.25, -0.2) is 8.42 Å². The van der Waals surface area contributed by atoms with Gasteiger partial charge in [-0.15, -0.1) is 0 Å². The number of sulfonamides is 1. The Morgan fingerprint density at radius 2 is 1.79 bits per heavy atom. The highest BCUT2D eigenvalue weighted by Crippen LogP contribution is 2.28. The number of carbonyl (C=O) groups is 1. The molecule has 3 rings (SSSR count). The van der Waals surface area contributed by atoms with Gasteiger partial charge in [0.25, 0.3) is 5.91 Å². The van der Waals surface area contributed by atoms with Gasteiger partial charge in [0, 0.05) is 18.7 Å². The first kappa shape index (κ1) is 20.8. The topological polar surface area (TPSA) is 66.5 Å². The van der Waals surface area contributed by atoms with Gasteiger partial charge in [0.2, 0.25) is 10.0 Å². The standard InChI is InChI=1S/C21H25ClN2O3S/c1-3-16-6-8-17(9-7-16)15(2)23-21(25)18-10-11-19(22)20(14-18)28(26,27)24-12-4-5-13-24/h6-11,14-15H,3-5,12-13H2,1-2H3,(H,23,25)/t15-/m0/s1. The van der Waals surface area contributed by atoms with Crippen LogP contribution in [0.4, 0.5) is 0 Å². The molecule has 0 unspecified atom stereocenters. The summed E-state index contributed by atoms with van der Waals surface area (Å²) < 4.78 is 27.1. The lowest BCUT2D eigenvalue weighted by Gasteiger charge is -2.18. The smallest absolute Gasteiger partial charge is 0.251 e. The van der Waals surface area contributed by atoms with Crippen molar-refractivity contribution >= 4 is 27.5 Å². The largest absolute Gasteiger partial charge is 0.346 e. The summed E-state index contributed by atoms with van der Waals surface area (Å²) in [6.07, 6.45) is 2.64. The van der Waals surface area contributed by atoms with Gasteiger partial charge < -0.3 is 5.32 Å². The molecular weight excluding hydrogens is 396 g/mol. The second kappa shape index (κ2) is 8.64. The number of hydrogen-bond acceptors (Lipinski definition) is 3. The number of nitrogens with zero attached hydrogens (tertiary/aromatic N) is 1. The van der Waals surface area contributed by atoms with Crippen LogP contribution in [0.1, 0.15) is 54.2 Å². The highest BCUT2D eigenvalue weighted by molar-refractivity contribution is 7.89. The molecule has 0 radical (unpaired) electrons. The molecule has 2 aromatic carbocycles. The first-order valence-electron chi connectivity index (χ1n) is 9.52. The van der Waals surface area contributed by atoms with E-state index in [0.717, 1.165) is 24.8 Å². The molecule has 150 valence electrons. The van der Waals surface area contributed by atoms with E-state index >= 15 is 0 Å². The number of halogens is 1. The van der Waals surface area contributed by atoms with Crippen LogP contribution in [0, 0.1) is 0 Å². The summed E-state index contributed by atoms with van der Waals surface area (Å²) in [6, 6.07) is 12.3. The Morgan fingerprint density at radius 3 is 2.39 bits per heavy atom. The van der Waals surface area contributed by atoms with Crippen LogP contribution in [-0.4, -0.2) is 31.7 Å². The number of hydrogen-bond donors (Lipinski definition) is 1. The van der Waals surface area contributed by atoms with E-state index in [0.29, 0.717) is 13.1 Å². The van der Waals surface area contributed by atoms with Crippen LogP contribution in [0.5, 0.6) is 0 Å². The monoisotopic (exact) mass is 420 g/mol. The molecule has 5 nitrogen and oxygen atoms in total. The van der Waals surface area contributed by atoms with Crippen LogP contribution in [0.2, 0.25) is 5.02 Å². The maximum Gasteiger partial charge on any atom is 0.251 e. The lowest BCUT2D eigenvalue weighted by molar-refractivity contribution is 0.0939. The fourth-order valence-corrected chi connectivity index (χ4v) is 5.33. The second-order valence-electron chi connectivity index (χ2n) is 7.05. The minimum absolute atomic E-state index is 0.0105. The summed E-state index contributed by atoms with van der Waals surface area (Å²) in [6.45, 7) is 4.96. The van der Waals surface area contributed by atoms with Crippen LogP contribution < -0.4 is 5.32 Å². The summed E-state index contributed by atoms with van der Waals surface area (Å²) in [5.74, 6) is -0.332. The molecule has 1 atom stereocenters. The molecular formula is C21H25ClN2O3S. The summed E-state index contributed by atoms with van der Waals surface area (Å²) >= 11 is 6.16. The molecule has 28 heavy (non-hydrogen) atoms. The van der Waals surface area contributed by atoms with E-state index in [4.69, 9.17) is 11.6 Å². The van der Waals surface area contributed by atoms with Crippen molar-refractivity contribution in [3.63, 3.8) is 0 Å². The van der Waals surface area contributed by atoms with E-state index in [2.05, 4.69) is 12.2 Å². The Balaban J connectivity index is 1.80. The molecule has 0 bridgehead atoms. The number of aryl methyl sites for hydroxylation is 1. The Labute approximate surface area is 171 Å². The molecule has 1 amide bonds. The van der Waals surface area contributed by atoms with E-state index in [1.54, 1.807) is 6.07 Å². The molecule has 1 heterocycles. The average Bonchev–Trinajstić information content (AvgIpc) is 3.24. The summed E-state index contributed by atoms with van der Waals surface area (Å²) in [5.41, 5.74) is 2.50. The zero-order chi connectivity index (χ0) is 20.3. The summed E-state index contributed by atoms with van der Waals surface area (Å²) in [5, 5.41) is 3.06. The van der Waals surface area contributed by atoms with Crippen molar-refractivity contribution < 1.29 is 13.2 Å². The molecule has 0 aromatic heterocycles. The number of benzene rings is 2. The molecule has 0 aliphatic carbocycles. The lowest BCUT2D eigenvalue weighted by Crippen LogP contribution is -2.29. The molecule has 7 heteroatoms. The molecule has 2 aromatic rings. The van der Waals surface area contributed by atoms with Crippen molar-refractivity contribution in [2.24, 2.45) is 0 Å². The Hall–Kier alpha value is -1.89. The fourth-order valence-electron chi connectivity index (χ4n) is 3.32. The van der Waals surface area contributed by atoms with Crippen molar-refractivity contribution in [2.75, 3.05) is 13.1 Å². The Bertz CT molecular complexity index is 952. The maximum atomic E-state index is 12.8. The van der Waals surface area contributed by atoms with Crippen molar-refractivity contribution in [2.45, 2.75) is 44.0 Å². The minimum atomic E-state index is -3.69. The number of rotatable bonds is 6. The number of amides is 1. The third kappa shape index (κ3) is 4.40. The third-order valence-corrected chi connectivity index (χ3v) is 7.49. The SMILES string of the molecule is CCc1ccc([C@H](C)NC(=O)c2ccc(Cl)c(S(=O)(=O)N3CCCC3)c2)cc1. The lowest BCUT2D eigenvalue weighted by atomic mass is 10.0. The first-order valence-corrected chi connectivity index (χ1v) is 11.3. The van der Waals surface area contributed by atoms with Gasteiger partial charge in [-0.2, -0.15) is 4.31 Å². The number of carbonyl (C=O) groups excluding carboxylic acids is 1. The second-order valence-corrected chi connectivity index (χ2v) is 9.36. The molecule has 1 aliphatic heterocycles. The first-order chi connectivity index (χ1) is 13.3. The van der Waals surface area contributed by atoms with Gasteiger partial charge in [0.1, 0.15) is 4.90 Å². The molecule has 0 saturated carbocycles. The average molecular weight is 421 g/mol. The van der Waals surface area contributed by atoms with Crippen LogP contribution in [0.3, 0.4) is 0 Å². The molecule has 1 N–H and O–H groups in total. The minimum Gasteiger partial charge on any atom is -0.346 e. The normalized spacial score (nSPS) is 16.1. The van der Waals surface area contributed by atoms with E-state index in [9.17, 15) is 13.2 Å². The zero-order valence-electron chi connectivity index (χ0n) is 16.1. The van der Waals surface area contributed by atoms with Gasteiger partial charge in [-0.3, -0.25) is 4.79 Å². The highest BCUT2D eigenvalue weighted by atomic mass is 35.5. The van der Waals surface area contributed by atoms with Gasteiger partial charge in [-0.1, -0.05) is 42.8 Å². The van der Waals surface area contributed by atoms with Crippen LogP contribution >= 0.6 is 11.6 Å². The van der Waals surface area contributed by atoms with Crippen LogP contribution in [0.15, 0.2) is 47.4 Å². The highest BCUT2D eigenvalue weighted by Gasteiger charge is 2.29. The van der Waals surface area contributed by atoms with E-state index in [1.807, 2.05) is 31.2 Å². The predicted octanol–water partition coefficient (Wildman–Crippen LogP) is 4.18. The Morgan fingerprint density at radius 1 is 1.14 bits per heavy atom. The molecule has 1 fully saturated rings. The van der Waals surface area contributed by atoms with Gasteiger partial charge in [0.15, 0.2) is 0 Å². The van der Waals surface area contributed by atoms with Crippen molar-refractivity contribution in [3.05, 3.63) is 64.2 Å². The van der Waals surface area contributed by atoms with E-state index in [1.165, 1.54) is 22.0 Å². The summed E-state index contributed by atoms with van der Waals surface area (Å²) in [7, 11) is -3.69. The predicted molar refractivity (Wildman–Crippen MR) is 111 cm³/mol. The van der Waals surface area contributed by atoms with Gasteiger partial charge in [-0.05, 0) is 55.5 Å². The molecule has 0 spiro atoms. The third-order valence-electron chi connectivity index (χ3n) is 5.11. The quantitative estimate of drug-likeness (QED) is 0.762. The van der Waals surface area contributed by atoms with Gasteiger partial charge >= 0.3 is 0 Å². The zero-order valence-corrected chi connectivity index (χ0v) is 17.7. The van der Waals surface area contributed by atoms with E-state index in [-0.39, 0.29) is 27.4 Å². The van der Waals surface area contributed by atoms with Gasteiger partial charge in [0.05, 0.1) is 11.1 Å². The molecule has 1 saturated heterocycles. The van der Waals surface area contributed by atoms with Crippen molar-refractivity contribution in [1.29, 1.82) is 0 Å². The van der Waals surface area contributed by atoms with Crippen LogP contribution in [0.25, 0.3) is 0 Å². The summed E-state index contributed by atoms with van der Waals surface area (Å²) in [4.78, 5) is 12.7. The maximum absolute atomic E-state index is 12.8. The van der Waals surface area contributed by atoms with Crippen molar-refractivity contribution in [3.8, 4) is 0 Å². The molecule has 1 aliphatic rings. The Kier molecular flexibility index (Phi) is 6.43. The van der Waals surface area contributed by atoms with Crippen LogP contribution in [-0.2, 0) is 16.4 Å². The van der Waals surface area contributed by atoms with Crippen molar-refractivity contribution in [1.82, 2.24) is 9.62 Å². The van der Waals surface area contributed by atoms with E-state index < -0.39 is 10.0 Å². The fraction of sp³-hybridized carbons (Fsp3) is 0.381.